The van der Waals surface area contributed by atoms with Crippen molar-refractivity contribution in [2.75, 3.05) is 43.0 Å². The highest BCUT2D eigenvalue weighted by Gasteiger charge is 2.32. The van der Waals surface area contributed by atoms with Crippen molar-refractivity contribution >= 4 is 28.7 Å². The second-order valence-corrected chi connectivity index (χ2v) is 6.67. The average Bonchev–Trinajstić information content (AvgIpc) is 3.26. The predicted molar refractivity (Wildman–Crippen MR) is 94.9 cm³/mol. The maximum Gasteiger partial charge on any atom is 0.324 e. The molecule has 2 saturated heterocycles. The van der Waals surface area contributed by atoms with E-state index in [9.17, 15) is 4.79 Å². The molecular formula is C17H19N7O. The molecule has 2 aliphatic heterocycles. The largest absolute Gasteiger partial charge is 0.338 e. The number of aromatic nitrogens is 4. The highest BCUT2D eigenvalue weighted by Crippen LogP contribution is 2.28. The lowest BCUT2D eigenvalue weighted by Crippen LogP contribution is -2.48. The number of H-pyrrole nitrogens is 1. The van der Waals surface area contributed by atoms with E-state index < -0.39 is 0 Å². The Morgan fingerprint density at radius 1 is 1.20 bits per heavy atom. The molecular weight excluding hydrogens is 318 g/mol. The van der Waals surface area contributed by atoms with Crippen molar-refractivity contribution in [2.24, 2.45) is 0 Å². The number of hydrogen-bond acceptors (Lipinski definition) is 4. The smallest absolute Gasteiger partial charge is 0.324 e. The molecule has 2 amide bonds. The van der Waals surface area contributed by atoms with Crippen LogP contribution in [0.4, 0.5) is 16.4 Å². The number of imidazole rings is 1. The fraction of sp³-hybridized carbons (Fsp3) is 0.353. The molecule has 128 valence electrons. The third-order valence-corrected chi connectivity index (χ3v) is 5.03. The fourth-order valence-corrected chi connectivity index (χ4v) is 3.44. The first-order valence-corrected chi connectivity index (χ1v) is 8.45. The van der Waals surface area contributed by atoms with Crippen LogP contribution in [0, 0.1) is 0 Å². The number of benzene rings is 1. The average molecular weight is 337 g/mol. The summed E-state index contributed by atoms with van der Waals surface area (Å²) in [4.78, 5) is 25.8. The van der Waals surface area contributed by atoms with Gasteiger partial charge < -0.3 is 14.8 Å². The third kappa shape index (κ3) is 2.25. The van der Waals surface area contributed by atoms with Gasteiger partial charge in [0, 0.05) is 39.4 Å². The molecule has 3 aromatic rings. The van der Waals surface area contributed by atoms with Crippen molar-refractivity contribution in [3.63, 3.8) is 0 Å². The van der Waals surface area contributed by atoms with Crippen molar-refractivity contribution in [1.29, 1.82) is 0 Å². The fourth-order valence-electron chi connectivity index (χ4n) is 3.44. The van der Waals surface area contributed by atoms with E-state index in [0.29, 0.717) is 6.04 Å². The molecule has 1 aromatic carbocycles. The minimum atomic E-state index is 0.0389. The van der Waals surface area contributed by atoms with Gasteiger partial charge in [-0.1, -0.05) is 12.1 Å². The van der Waals surface area contributed by atoms with Crippen LogP contribution >= 0.6 is 0 Å². The van der Waals surface area contributed by atoms with Crippen molar-refractivity contribution < 1.29 is 4.79 Å². The van der Waals surface area contributed by atoms with Gasteiger partial charge in [0.1, 0.15) is 0 Å². The number of nitrogens with zero attached hydrogens (tertiary/aromatic N) is 6. The standard InChI is InChI=1S/C17H19N7O/c1-21-6-7-23(17(21)25)12-8-18-24(11-12)13-9-22(10-13)16-19-14-4-2-3-5-15(14)20-16/h2-5,8,11,13H,6-7,9-10H2,1H3,(H,19,20). The van der Waals surface area contributed by atoms with Crippen LogP contribution in [0.1, 0.15) is 6.04 Å². The molecule has 0 aliphatic carbocycles. The van der Waals surface area contributed by atoms with Crippen LogP contribution in [0.3, 0.4) is 0 Å². The normalized spacial score (nSPS) is 18.4. The summed E-state index contributed by atoms with van der Waals surface area (Å²) in [5, 5.41) is 4.46. The van der Waals surface area contributed by atoms with Crippen LogP contribution in [-0.4, -0.2) is 63.9 Å². The molecule has 8 heteroatoms. The van der Waals surface area contributed by atoms with Gasteiger partial charge in [0.15, 0.2) is 0 Å². The van der Waals surface area contributed by atoms with Crippen LogP contribution in [0.15, 0.2) is 36.7 Å². The Kier molecular flexibility index (Phi) is 3.00. The van der Waals surface area contributed by atoms with Gasteiger partial charge in [0.2, 0.25) is 5.95 Å². The van der Waals surface area contributed by atoms with Gasteiger partial charge in [-0.25, -0.2) is 9.78 Å². The number of carbonyl (C=O) groups is 1. The molecule has 2 fully saturated rings. The van der Waals surface area contributed by atoms with Crippen molar-refractivity contribution in [3.05, 3.63) is 36.7 Å². The van der Waals surface area contributed by atoms with Gasteiger partial charge in [-0.3, -0.25) is 9.58 Å². The SMILES string of the molecule is CN1CCN(c2cnn(C3CN(c4nc5ccccc5[nH]4)C3)c2)C1=O. The summed E-state index contributed by atoms with van der Waals surface area (Å²) in [5.74, 6) is 0.904. The van der Waals surface area contributed by atoms with Gasteiger partial charge in [-0.15, -0.1) is 0 Å². The minimum absolute atomic E-state index is 0.0389. The number of amides is 2. The second kappa shape index (κ2) is 5.23. The van der Waals surface area contributed by atoms with E-state index in [0.717, 1.165) is 48.8 Å². The van der Waals surface area contributed by atoms with E-state index in [1.54, 1.807) is 16.0 Å². The molecule has 4 heterocycles. The molecule has 1 N–H and O–H groups in total. The third-order valence-electron chi connectivity index (χ3n) is 5.03. The summed E-state index contributed by atoms with van der Waals surface area (Å²) in [5.41, 5.74) is 2.91. The Bertz CT molecular complexity index is 906. The van der Waals surface area contributed by atoms with E-state index in [4.69, 9.17) is 0 Å². The zero-order chi connectivity index (χ0) is 17.0. The Hall–Kier alpha value is -3.03. The Balaban J connectivity index is 1.28. The van der Waals surface area contributed by atoms with Gasteiger partial charge >= 0.3 is 6.03 Å². The first kappa shape index (κ1) is 14.3. The van der Waals surface area contributed by atoms with Gasteiger partial charge in [0.05, 0.1) is 29.0 Å². The first-order valence-electron chi connectivity index (χ1n) is 8.45. The van der Waals surface area contributed by atoms with Gasteiger partial charge in [0.25, 0.3) is 0 Å². The molecule has 0 saturated carbocycles. The van der Waals surface area contributed by atoms with Gasteiger partial charge in [-0.05, 0) is 12.1 Å². The van der Waals surface area contributed by atoms with E-state index >= 15 is 0 Å². The lowest BCUT2D eigenvalue weighted by Gasteiger charge is -2.38. The Labute approximate surface area is 144 Å². The van der Waals surface area contributed by atoms with Crippen molar-refractivity contribution in [3.8, 4) is 0 Å². The van der Waals surface area contributed by atoms with Crippen LogP contribution < -0.4 is 9.80 Å². The highest BCUT2D eigenvalue weighted by molar-refractivity contribution is 5.93. The topological polar surface area (TPSA) is 73.3 Å². The number of hydrogen-bond donors (Lipinski definition) is 1. The van der Waals surface area contributed by atoms with Crippen molar-refractivity contribution in [1.82, 2.24) is 24.6 Å². The predicted octanol–water partition coefficient (Wildman–Crippen LogP) is 1.69. The van der Waals surface area contributed by atoms with Crippen LogP contribution in [0.5, 0.6) is 0 Å². The van der Waals surface area contributed by atoms with Crippen LogP contribution in [-0.2, 0) is 0 Å². The van der Waals surface area contributed by atoms with Crippen molar-refractivity contribution in [2.45, 2.75) is 6.04 Å². The number of aromatic amines is 1. The van der Waals surface area contributed by atoms with E-state index in [1.807, 2.05) is 42.2 Å². The Morgan fingerprint density at radius 2 is 2.04 bits per heavy atom. The zero-order valence-corrected chi connectivity index (χ0v) is 14.0. The number of nitrogens with one attached hydrogen (secondary N) is 1. The number of rotatable bonds is 3. The van der Waals surface area contributed by atoms with Gasteiger partial charge in [-0.2, -0.15) is 5.10 Å². The van der Waals surface area contributed by atoms with Crippen LogP contribution in [0.2, 0.25) is 0 Å². The lowest BCUT2D eigenvalue weighted by molar-refractivity contribution is 0.229. The molecule has 0 atom stereocenters. The molecule has 5 rings (SSSR count). The Morgan fingerprint density at radius 3 is 2.80 bits per heavy atom. The zero-order valence-electron chi connectivity index (χ0n) is 14.0. The van der Waals surface area contributed by atoms with E-state index in [2.05, 4.69) is 20.0 Å². The first-order chi connectivity index (χ1) is 12.2. The summed E-state index contributed by atoms with van der Waals surface area (Å²) in [6.07, 6.45) is 3.75. The highest BCUT2D eigenvalue weighted by atomic mass is 16.2. The number of likely N-dealkylation sites (N-methyl/N-ethyl adjacent to an activating group) is 1. The number of carbonyl (C=O) groups excluding carboxylic acids is 1. The summed E-state index contributed by atoms with van der Waals surface area (Å²) < 4.78 is 1.96. The molecule has 25 heavy (non-hydrogen) atoms. The summed E-state index contributed by atoms with van der Waals surface area (Å²) in [7, 11) is 1.82. The maximum absolute atomic E-state index is 12.1. The number of anilines is 2. The molecule has 8 nitrogen and oxygen atoms in total. The quantitative estimate of drug-likeness (QED) is 0.789. The molecule has 0 unspecified atom stereocenters. The maximum atomic E-state index is 12.1. The molecule has 2 aliphatic rings. The molecule has 0 bridgehead atoms. The molecule has 0 radical (unpaired) electrons. The van der Waals surface area contributed by atoms with E-state index in [1.165, 1.54) is 0 Å². The monoisotopic (exact) mass is 337 g/mol. The molecule has 2 aromatic heterocycles. The van der Waals surface area contributed by atoms with Crippen LogP contribution in [0.25, 0.3) is 11.0 Å². The lowest BCUT2D eigenvalue weighted by atomic mass is 10.1. The second-order valence-electron chi connectivity index (χ2n) is 6.67. The summed E-state index contributed by atoms with van der Waals surface area (Å²) in [6, 6.07) is 8.39. The number of urea groups is 1. The molecule has 0 spiro atoms. The summed E-state index contributed by atoms with van der Waals surface area (Å²) >= 11 is 0. The summed E-state index contributed by atoms with van der Waals surface area (Å²) in [6.45, 7) is 3.19. The van der Waals surface area contributed by atoms with E-state index in [-0.39, 0.29) is 6.03 Å². The number of para-hydroxylation sites is 2. The minimum Gasteiger partial charge on any atom is -0.338 e. The number of fused-ring (bicyclic) bond motifs is 1.